The third kappa shape index (κ3) is 1.47. The van der Waals surface area contributed by atoms with Crippen LogP contribution >= 0.6 is 0 Å². The van der Waals surface area contributed by atoms with Crippen molar-refractivity contribution in [2.24, 2.45) is 0 Å². The molecule has 1 saturated heterocycles. The lowest BCUT2D eigenvalue weighted by atomic mass is 10.3. The molecule has 1 unspecified atom stereocenters. The van der Waals surface area contributed by atoms with Crippen LogP contribution in [0.4, 0.5) is 0 Å². The predicted octanol–water partition coefficient (Wildman–Crippen LogP) is -1.33. The van der Waals surface area contributed by atoms with Crippen molar-refractivity contribution in [1.82, 2.24) is 4.90 Å². The van der Waals surface area contributed by atoms with Crippen LogP contribution in [0, 0.1) is 0 Å². The normalized spacial score (nSPS) is 32.8. The highest BCUT2D eigenvalue weighted by molar-refractivity contribution is 7.91. The molecule has 0 aromatic rings. The van der Waals surface area contributed by atoms with Crippen molar-refractivity contribution < 1.29 is 13.5 Å². The van der Waals surface area contributed by atoms with Gasteiger partial charge in [0.2, 0.25) is 0 Å². The molecular formula is C5H11NO3S. The Hall–Kier alpha value is -0.130. The van der Waals surface area contributed by atoms with Crippen molar-refractivity contribution in [2.45, 2.75) is 6.04 Å². The number of hydrogen-bond donors (Lipinski definition) is 1. The van der Waals surface area contributed by atoms with Gasteiger partial charge in [-0.15, -0.1) is 0 Å². The first kappa shape index (κ1) is 7.97. The zero-order chi connectivity index (χ0) is 7.78. The van der Waals surface area contributed by atoms with Crippen molar-refractivity contribution in [2.75, 3.05) is 25.3 Å². The van der Waals surface area contributed by atoms with Gasteiger partial charge in [-0.3, -0.25) is 4.90 Å². The summed E-state index contributed by atoms with van der Waals surface area (Å²) in [5, 5.41) is 8.66. The SMILES string of the molecule is CN1CS(=O)(=O)CC1CO. The average Bonchev–Trinajstić information content (AvgIpc) is 2.05. The van der Waals surface area contributed by atoms with Crippen LogP contribution in [0.5, 0.6) is 0 Å². The fourth-order valence-corrected chi connectivity index (χ4v) is 2.96. The van der Waals surface area contributed by atoms with E-state index < -0.39 is 9.84 Å². The predicted molar refractivity (Wildman–Crippen MR) is 37.3 cm³/mol. The van der Waals surface area contributed by atoms with Crippen LogP contribution in [0.1, 0.15) is 0 Å². The first-order valence-corrected chi connectivity index (χ1v) is 4.89. The van der Waals surface area contributed by atoms with E-state index in [0.29, 0.717) is 0 Å². The summed E-state index contributed by atoms with van der Waals surface area (Å²) in [7, 11) is -1.19. The maximum atomic E-state index is 10.9. The molecule has 5 heteroatoms. The van der Waals surface area contributed by atoms with Crippen LogP contribution < -0.4 is 0 Å². The highest BCUT2D eigenvalue weighted by atomic mass is 32.2. The largest absolute Gasteiger partial charge is 0.395 e. The summed E-state index contributed by atoms with van der Waals surface area (Å²) in [6.45, 7) is -0.0737. The zero-order valence-corrected chi connectivity index (χ0v) is 6.63. The quantitative estimate of drug-likeness (QED) is 0.523. The van der Waals surface area contributed by atoms with E-state index in [-0.39, 0.29) is 24.3 Å². The first-order valence-electron chi connectivity index (χ1n) is 3.07. The fraction of sp³-hybridized carbons (Fsp3) is 1.00. The Bertz CT molecular complexity index is 211. The van der Waals surface area contributed by atoms with Crippen molar-refractivity contribution in [3.63, 3.8) is 0 Å². The lowest BCUT2D eigenvalue weighted by Crippen LogP contribution is -2.29. The van der Waals surface area contributed by atoms with Crippen LogP contribution in [0.3, 0.4) is 0 Å². The minimum Gasteiger partial charge on any atom is -0.395 e. The van der Waals surface area contributed by atoms with Gasteiger partial charge in [0, 0.05) is 6.04 Å². The molecule has 0 bridgehead atoms. The molecule has 1 aliphatic rings. The molecule has 1 rings (SSSR count). The van der Waals surface area contributed by atoms with Gasteiger partial charge in [0.25, 0.3) is 0 Å². The molecule has 1 aliphatic heterocycles. The minimum absolute atomic E-state index is 0.0737. The van der Waals surface area contributed by atoms with Crippen LogP contribution in [0.25, 0.3) is 0 Å². The van der Waals surface area contributed by atoms with Crippen molar-refractivity contribution in [3.05, 3.63) is 0 Å². The van der Waals surface area contributed by atoms with Crippen molar-refractivity contribution in [1.29, 1.82) is 0 Å². The van der Waals surface area contributed by atoms with Gasteiger partial charge in [-0.25, -0.2) is 8.42 Å². The third-order valence-corrected chi connectivity index (χ3v) is 3.37. The summed E-state index contributed by atoms with van der Waals surface area (Å²) < 4.78 is 21.7. The first-order chi connectivity index (χ1) is 4.55. The van der Waals surface area contributed by atoms with E-state index >= 15 is 0 Å². The molecule has 60 valence electrons. The molecule has 0 aromatic heterocycles. The second kappa shape index (κ2) is 2.48. The number of sulfone groups is 1. The lowest BCUT2D eigenvalue weighted by Gasteiger charge is -2.12. The molecule has 1 atom stereocenters. The Labute approximate surface area is 60.4 Å². The van der Waals surface area contributed by atoms with E-state index in [1.54, 1.807) is 11.9 Å². The lowest BCUT2D eigenvalue weighted by molar-refractivity contribution is 0.188. The van der Waals surface area contributed by atoms with E-state index in [9.17, 15) is 8.42 Å². The van der Waals surface area contributed by atoms with Gasteiger partial charge in [-0.05, 0) is 7.05 Å². The minimum atomic E-state index is -2.89. The summed E-state index contributed by atoms with van der Waals surface area (Å²) in [4.78, 5) is 1.65. The summed E-state index contributed by atoms with van der Waals surface area (Å²) in [5.41, 5.74) is 0. The Balaban J connectivity index is 2.71. The van der Waals surface area contributed by atoms with Gasteiger partial charge in [-0.2, -0.15) is 0 Å². The standard InChI is InChI=1S/C5H11NO3S/c1-6-4-10(8,9)3-5(6)2-7/h5,7H,2-4H2,1H3. The Morgan fingerprint density at radius 2 is 2.30 bits per heavy atom. The maximum Gasteiger partial charge on any atom is 0.165 e. The monoisotopic (exact) mass is 165 g/mol. The summed E-state index contributed by atoms with van der Waals surface area (Å²) >= 11 is 0. The van der Waals surface area contributed by atoms with Gasteiger partial charge in [-0.1, -0.05) is 0 Å². The smallest absolute Gasteiger partial charge is 0.165 e. The van der Waals surface area contributed by atoms with Crippen molar-refractivity contribution in [3.8, 4) is 0 Å². The van der Waals surface area contributed by atoms with E-state index in [4.69, 9.17) is 5.11 Å². The third-order valence-electron chi connectivity index (χ3n) is 1.68. The molecular weight excluding hydrogens is 154 g/mol. The number of likely N-dealkylation sites (N-methyl/N-ethyl adjacent to an activating group) is 1. The van der Waals surface area contributed by atoms with Crippen LogP contribution in [-0.2, 0) is 9.84 Å². The van der Waals surface area contributed by atoms with Gasteiger partial charge < -0.3 is 5.11 Å². The van der Waals surface area contributed by atoms with Gasteiger partial charge in [0.15, 0.2) is 9.84 Å². The molecule has 4 nitrogen and oxygen atoms in total. The van der Waals surface area contributed by atoms with Crippen molar-refractivity contribution >= 4 is 9.84 Å². The van der Waals surface area contributed by atoms with Gasteiger partial charge in [0.1, 0.15) is 5.88 Å². The molecule has 0 amide bonds. The average molecular weight is 165 g/mol. The molecule has 0 radical (unpaired) electrons. The molecule has 0 aromatic carbocycles. The summed E-state index contributed by atoms with van der Waals surface area (Å²) in [6, 6.07) is -0.190. The molecule has 0 aliphatic carbocycles. The van der Waals surface area contributed by atoms with E-state index in [1.165, 1.54) is 0 Å². The van der Waals surface area contributed by atoms with Crippen LogP contribution in [0.2, 0.25) is 0 Å². The van der Waals surface area contributed by atoms with E-state index in [2.05, 4.69) is 0 Å². The van der Waals surface area contributed by atoms with Gasteiger partial charge >= 0.3 is 0 Å². The summed E-state index contributed by atoms with van der Waals surface area (Å²) in [5.74, 6) is 0.179. The molecule has 1 heterocycles. The van der Waals surface area contributed by atoms with Gasteiger partial charge in [0.05, 0.1) is 12.4 Å². The molecule has 1 fully saturated rings. The number of rotatable bonds is 1. The molecule has 1 N–H and O–H groups in total. The number of aliphatic hydroxyl groups is 1. The second-order valence-electron chi connectivity index (χ2n) is 2.63. The zero-order valence-electron chi connectivity index (χ0n) is 5.82. The van der Waals surface area contributed by atoms with Crippen LogP contribution in [0.15, 0.2) is 0 Å². The van der Waals surface area contributed by atoms with Crippen LogP contribution in [-0.4, -0.2) is 49.8 Å². The Morgan fingerprint density at radius 1 is 1.70 bits per heavy atom. The second-order valence-corrected chi connectivity index (χ2v) is 4.71. The Morgan fingerprint density at radius 3 is 2.50 bits per heavy atom. The number of nitrogens with zero attached hydrogens (tertiary/aromatic N) is 1. The number of aliphatic hydroxyl groups excluding tert-OH is 1. The maximum absolute atomic E-state index is 10.9. The molecule has 10 heavy (non-hydrogen) atoms. The molecule has 0 saturated carbocycles. The highest BCUT2D eigenvalue weighted by Crippen LogP contribution is 2.11. The topological polar surface area (TPSA) is 57.6 Å². The number of hydrogen-bond acceptors (Lipinski definition) is 4. The van der Waals surface area contributed by atoms with E-state index in [0.717, 1.165) is 0 Å². The Kier molecular flexibility index (Phi) is 1.98. The fourth-order valence-electron chi connectivity index (χ4n) is 1.08. The molecule has 0 spiro atoms. The highest BCUT2D eigenvalue weighted by Gasteiger charge is 2.31. The van der Waals surface area contributed by atoms with E-state index in [1.807, 2.05) is 0 Å². The summed E-state index contributed by atoms with van der Waals surface area (Å²) in [6.07, 6.45) is 0.